The summed E-state index contributed by atoms with van der Waals surface area (Å²) >= 11 is 0. The van der Waals surface area contributed by atoms with E-state index >= 15 is 0 Å². The van der Waals surface area contributed by atoms with Crippen LogP contribution < -0.4 is 75.3 Å². The van der Waals surface area contributed by atoms with Crippen LogP contribution in [0.15, 0.2) is 30.5 Å². The minimum Gasteiger partial charge on any atom is -0.481 e. The smallest absolute Gasteiger partial charge is 0.335 e. The Morgan fingerprint density at radius 3 is 1.83 bits per heavy atom. The van der Waals surface area contributed by atoms with Gasteiger partial charge in [-0.1, -0.05) is 91.3 Å². The summed E-state index contributed by atoms with van der Waals surface area (Å²) < 4.78 is 10.8. The van der Waals surface area contributed by atoms with E-state index in [9.17, 15) is 117 Å². The number of benzene rings is 1. The van der Waals surface area contributed by atoms with Crippen LogP contribution in [0.25, 0.3) is 10.9 Å². The largest absolute Gasteiger partial charge is 0.481 e. The molecule has 22 N–H and O–H groups in total. The van der Waals surface area contributed by atoms with E-state index in [0.29, 0.717) is 40.1 Å². The zero-order chi connectivity index (χ0) is 86.7. The minimum absolute atomic E-state index is 0.0142. The van der Waals surface area contributed by atoms with Gasteiger partial charge in [0.2, 0.25) is 82.7 Å². The Hall–Kier alpha value is -11.4. The summed E-state index contributed by atoms with van der Waals surface area (Å²) in [7, 11) is 1.76. The number of nitrogens with one attached hydrogen (secondary N) is 13. The molecule has 115 heavy (non-hydrogen) atoms. The summed E-state index contributed by atoms with van der Waals surface area (Å²) in [4.78, 5) is 265. The van der Waals surface area contributed by atoms with Crippen LogP contribution in [-0.4, -0.2) is 267 Å². The van der Waals surface area contributed by atoms with Crippen molar-refractivity contribution in [1.82, 2.24) is 73.7 Å². The van der Waals surface area contributed by atoms with Crippen LogP contribution >= 0.6 is 0 Å². The normalized spacial score (nSPS) is 22.5. The van der Waals surface area contributed by atoms with Crippen molar-refractivity contribution >= 4 is 123 Å². The van der Waals surface area contributed by atoms with Crippen molar-refractivity contribution in [2.75, 3.05) is 33.8 Å². The van der Waals surface area contributed by atoms with Gasteiger partial charge in [-0.15, -0.1) is 0 Å². The van der Waals surface area contributed by atoms with Gasteiger partial charge in [0.25, 0.3) is 0 Å². The third-order valence-electron chi connectivity index (χ3n) is 19.2. The number of aromatic amines is 1. The van der Waals surface area contributed by atoms with Gasteiger partial charge >= 0.3 is 29.8 Å². The van der Waals surface area contributed by atoms with E-state index < -0.39 is 248 Å². The number of carboxylic acid groups (broad SMARTS) is 4. The highest BCUT2D eigenvalue weighted by Gasteiger charge is 2.44. The number of rotatable bonds is 36. The number of aliphatic carboxylic acids is 4. The molecule has 1 aromatic heterocycles. The van der Waals surface area contributed by atoms with Crippen molar-refractivity contribution in [3.63, 3.8) is 0 Å². The summed E-state index contributed by atoms with van der Waals surface area (Å²) in [5.74, 6) is -28.0. The van der Waals surface area contributed by atoms with Gasteiger partial charge < -0.3 is 120 Å². The number of hydrogen-bond donors (Lipinski definition) is 20. The van der Waals surface area contributed by atoms with Gasteiger partial charge in [-0.3, -0.25) is 81.5 Å². The first kappa shape index (κ1) is 97.8. The average molecular weight is 1630 g/mol. The Kier molecular flexibility index (Phi) is 41.3. The van der Waals surface area contributed by atoms with Crippen molar-refractivity contribution < 1.29 is 126 Å². The van der Waals surface area contributed by atoms with E-state index in [2.05, 4.69) is 82.6 Å². The van der Waals surface area contributed by atoms with E-state index in [1.807, 2.05) is 0 Å². The van der Waals surface area contributed by atoms with Gasteiger partial charge in [0.1, 0.15) is 72.6 Å². The van der Waals surface area contributed by atoms with Gasteiger partial charge in [0.15, 0.2) is 12.2 Å². The average Bonchev–Trinajstić information content (AvgIpc) is 1.77. The van der Waals surface area contributed by atoms with Crippen LogP contribution in [0.2, 0.25) is 0 Å². The predicted octanol–water partition coefficient (Wildman–Crippen LogP) is -4.44. The molecule has 0 radical (unpaired) electrons. The molecule has 640 valence electrons. The number of primary amides is 1. The number of nitrogens with two attached hydrogens (primary N) is 2. The fraction of sp³-hybridized carbons (Fsp3) is 0.630. The number of carboxylic acids is 4. The summed E-state index contributed by atoms with van der Waals surface area (Å²) in [5, 5.41) is 78.8. The Morgan fingerprint density at radius 1 is 0.626 bits per heavy atom. The molecule has 17 unspecified atom stereocenters. The monoisotopic (exact) mass is 1630 g/mol. The van der Waals surface area contributed by atoms with Crippen molar-refractivity contribution in [3.05, 3.63) is 36.0 Å². The molecular formula is C73H112N16O26. The number of fused-ring (bicyclic) bond motifs is 1. The van der Waals surface area contributed by atoms with Gasteiger partial charge in [-0.2, -0.15) is 0 Å². The fourth-order valence-corrected chi connectivity index (χ4v) is 12.0. The van der Waals surface area contributed by atoms with E-state index in [0.717, 1.165) is 60.6 Å². The molecule has 42 nitrogen and oxygen atoms in total. The molecule has 0 aliphatic carbocycles. The highest BCUT2D eigenvalue weighted by atomic mass is 16.5. The third kappa shape index (κ3) is 32.5. The Morgan fingerprint density at radius 2 is 1.23 bits per heavy atom. The zero-order valence-corrected chi connectivity index (χ0v) is 66.0. The molecule has 42 heteroatoms. The van der Waals surface area contributed by atoms with E-state index in [-0.39, 0.29) is 45.1 Å². The fourth-order valence-electron chi connectivity index (χ4n) is 12.0. The van der Waals surface area contributed by atoms with E-state index in [1.165, 1.54) is 20.8 Å². The first-order valence-electron chi connectivity index (χ1n) is 37.8. The first-order chi connectivity index (χ1) is 54.1. The number of carbonyl (C=O) groups is 19. The van der Waals surface area contributed by atoms with Crippen LogP contribution in [0, 0.1) is 17.8 Å². The van der Waals surface area contributed by atoms with Gasteiger partial charge in [0.05, 0.1) is 25.9 Å². The van der Waals surface area contributed by atoms with Crippen LogP contribution in [0.5, 0.6) is 0 Å². The van der Waals surface area contributed by atoms with Crippen molar-refractivity contribution in [2.24, 2.45) is 29.2 Å². The van der Waals surface area contributed by atoms with E-state index in [1.54, 1.807) is 30.5 Å². The number of aliphatic hydroxyl groups is 1. The number of unbranched alkanes of at least 4 members (excludes halogenated alkanes) is 4. The molecule has 14 amide bonds. The predicted molar refractivity (Wildman–Crippen MR) is 404 cm³/mol. The number of methoxy groups -OCH3 is 1. The molecular weight excluding hydrogens is 1520 g/mol. The molecule has 1 saturated heterocycles. The number of likely N-dealkylation sites (N-methyl/N-ethyl adjacent to an activating group) is 1. The molecule has 2 aromatic rings. The highest BCUT2D eigenvalue weighted by molar-refractivity contribution is 6.02. The molecule has 1 aliphatic rings. The lowest BCUT2D eigenvalue weighted by Gasteiger charge is -2.33. The minimum atomic E-state index is -2.78. The van der Waals surface area contributed by atoms with Crippen LogP contribution in [0.4, 0.5) is 0 Å². The second-order valence-electron chi connectivity index (χ2n) is 28.5. The topological polar surface area (TPSA) is 659 Å². The first-order valence-corrected chi connectivity index (χ1v) is 37.8. The molecule has 0 saturated carbocycles. The number of amides is 14. The van der Waals surface area contributed by atoms with Gasteiger partial charge in [-0.25, -0.2) is 9.59 Å². The lowest BCUT2D eigenvalue weighted by Crippen LogP contribution is -2.64. The summed E-state index contributed by atoms with van der Waals surface area (Å²) in [6.45, 7) is 9.29. The van der Waals surface area contributed by atoms with Crippen LogP contribution in [0.1, 0.15) is 157 Å². The van der Waals surface area contributed by atoms with Crippen molar-refractivity contribution in [1.29, 1.82) is 0 Å². The molecule has 3 rings (SSSR count). The number of aromatic nitrogens is 1. The molecule has 1 aromatic carbocycles. The van der Waals surface area contributed by atoms with Crippen molar-refractivity contribution in [2.45, 2.75) is 243 Å². The maximum absolute atomic E-state index is 15.0. The zero-order valence-electron chi connectivity index (χ0n) is 66.0. The quantitative estimate of drug-likeness (QED) is 0.0226. The highest BCUT2D eigenvalue weighted by Crippen LogP contribution is 2.22. The number of carbonyl (C=O) groups excluding carboxylic acids is 15. The Balaban J connectivity index is 2.25. The number of esters is 1. The van der Waals surface area contributed by atoms with E-state index in [4.69, 9.17) is 20.9 Å². The number of ether oxygens (including phenoxy) is 2. The lowest BCUT2D eigenvalue weighted by atomic mass is 9.94. The standard InChI is InChI=1S/C73H112N16O26/c1-11-35(3)21-15-13-14-16-25-48(90)80-46(30-41-32-76-43-23-18-17-22-42(41)43)66(105)82-45(26-27-51(93)94)65(104)87-57(59(99)61(75)100)70(109)86-56-40(8)115-73(113)55(36(4)12-2)85-69(108)54(37(5)29-52(95)96)84-63(102)39(7)78-49(91)33-77-68(107)58(60(114-10)72(111)112)88-64(103)44(24-19-20-28-74)81-67(106)47(31-53(97)98)83-62(101)38(6)79-50(92)34-89(9)71(56)110/h17-18,22-23,32,35-40,44-47,54-60,76,99H,11-16,19-21,24-31,33-34,74H2,1-10H3,(H2,75,100)(H,77,107)(H,78,91)(H,79,92)(H,80,90)(H,81,106)(H,82,105)(H,83,101)(H,84,102)(H,85,108)(H,86,109)(H,87,104)(H,88,103)(H,93,94)(H,95,96)(H,97,98)(H,111,112). The summed E-state index contributed by atoms with van der Waals surface area (Å²) in [6.07, 6.45) is -4.53. The number of hydrogen-bond acceptors (Lipinski definition) is 23. The maximum atomic E-state index is 15.0. The Labute approximate surface area is 662 Å². The lowest BCUT2D eigenvalue weighted by molar-refractivity contribution is -0.159. The van der Waals surface area contributed by atoms with Gasteiger partial charge in [0, 0.05) is 50.5 Å². The van der Waals surface area contributed by atoms with Crippen LogP contribution in [0.3, 0.4) is 0 Å². The van der Waals surface area contributed by atoms with Crippen LogP contribution in [-0.2, 0) is 107 Å². The number of nitrogens with zero attached hydrogens (tertiary/aromatic N) is 1. The van der Waals surface area contributed by atoms with Gasteiger partial charge in [-0.05, 0) is 88.8 Å². The van der Waals surface area contributed by atoms with Crippen molar-refractivity contribution in [3.8, 4) is 0 Å². The second-order valence-corrected chi connectivity index (χ2v) is 28.5. The summed E-state index contributed by atoms with van der Waals surface area (Å²) in [5.41, 5.74) is 12.4. The molecule has 17 atom stereocenters. The number of H-pyrrole nitrogens is 1. The number of aliphatic hydroxyl groups excluding tert-OH is 1. The molecule has 0 spiro atoms. The molecule has 0 bridgehead atoms. The SMILES string of the molecule is CCC(C)CCCCCCC(=O)NC(Cc1c[nH]c2ccccc12)C(=O)NC(CCC(=O)O)C(=O)NC(C(=O)NC1C(=O)N(C)CC(=O)NC(C)C(=O)NC(CC(=O)O)C(=O)NC(CCCCN)C(=O)NC(C(OC)C(=O)O)C(=O)NCC(=O)NC(C)C(=O)NC(C(C)CC(=O)O)C(=O)NC(C(C)CC)C(=O)OC1C)C(O)C(N)=O. The second kappa shape index (κ2) is 48.6. The third-order valence-corrected chi connectivity index (χ3v) is 19.2. The maximum Gasteiger partial charge on any atom is 0.335 e. The number of para-hydroxylation sites is 1. The summed E-state index contributed by atoms with van der Waals surface area (Å²) in [6, 6.07) is -14.8. The molecule has 1 aliphatic heterocycles. The number of cyclic esters (lactones) is 1. The molecule has 2 heterocycles. The Bertz CT molecular complexity index is 3780. The molecule has 1 fully saturated rings.